The Hall–Kier alpha value is -3.44. The number of piperidine rings is 1. The first kappa shape index (κ1) is 23.9. The van der Waals surface area contributed by atoms with Crippen LogP contribution >= 0.6 is 0 Å². The van der Waals surface area contributed by atoms with E-state index in [0.717, 1.165) is 12.8 Å². The van der Waals surface area contributed by atoms with Crippen LogP contribution in [0.25, 0.3) is 22.5 Å². The summed E-state index contributed by atoms with van der Waals surface area (Å²) in [6.07, 6.45) is 3.89. The smallest absolute Gasteiger partial charge is 0.250 e. The molecular weight excluding hydrogens is 482 g/mol. The molecule has 2 aromatic heterocycles. The Morgan fingerprint density at radius 2 is 1.92 bits per heavy atom. The first-order valence-electron chi connectivity index (χ1n) is 12.5. The number of aliphatic hydroxyl groups is 1. The van der Waals surface area contributed by atoms with Crippen molar-refractivity contribution in [2.45, 2.75) is 62.4 Å². The molecule has 3 N–H and O–H groups in total. The van der Waals surface area contributed by atoms with Crippen molar-refractivity contribution in [3.63, 3.8) is 0 Å². The summed E-state index contributed by atoms with van der Waals surface area (Å²) in [6.45, 7) is 0. The highest BCUT2D eigenvalue weighted by Gasteiger charge is 2.53. The molecule has 0 amide bonds. The molecule has 1 aromatic carbocycles. The molecule has 0 radical (unpaired) electrons. The normalized spacial score (nSPS) is 26.6. The molecule has 7 rings (SSSR count). The van der Waals surface area contributed by atoms with E-state index in [-0.39, 0.29) is 42.1 Å². The summed E-state index contributed by atoms with van der Waals surface area (Å²) >= 11 is 0. The predicted molar refractivity (Wildman–Crippen MR) is 132 cm³/mol. The minimum atomic E-state index is -2.83. The van der Waals surface area contributed by atoms with Gasteiger partial charge in [-0.2, -0.15) is 0 Å². The van der Waals surface area contributed by atoms with Crippen molar-refractivity contribution >= 4 is 5.82 Å². The molecule has 4 atom stereocenters. The lowest BCUT2D eigenvalue weighted by Crippen LogP contribution is -2.58. The van der Waals surface area contributed by atoms with E-state index in [2.05, 4.69) is 20.5 Å². The number of aromatic hydroxyl groups is 1. The van der Waals surface area contributed by atoms with Crippen LogP contribution in [0.2, 0.25) is 0 Å². The summed E-state index contributed by atoms with van der Waals surface area (Å²) in [4.78, 5) is 18.4. The average Bonchev–Trinajstić information content (AvgIpc) is 3.70. The van der Waals surface area contributed by atoms with E-state index in [1.165, 1.54) is 10.6 Å². The molecule has 194 valence electrons. The van der Waals surface area contributed by atoms with Gasteiger partial charge in [-0.1, -0.05) is 6.07 Å². The Morgan fingerprint density at radius 1 is 1.14 bits per heavy atom. The molecule has 4 aliphatic rings. The van der Waals surface area contributed by atoms with E-state index in [1.54, 1.807) is 43.7 Å². The van der Waals surface area contributed by atoms with Crippen molar-refractivity contribution in [2.75, 3.05) is 4.90 Å². The molecule has 2 aliphatic heterocycles. The highest BCUT2D eigenvalue weighted by Crippen LogP contribution is 2.45. The molecule has 9 nitrogen and oxygen atoms in total. The summed E-state index contributed by atoms with van der Waals surface area (Å²) in [6, 6.07) is 7.66. The van der Waals surface area contributed by atoms with Gasteiger partial charge in [0.05, 0.1) is 11.8 Å². The van der Waals surface area contributed by atoms with Crippen molar-refractivity contribution in [2.24, 2.45) is 13.0 Å². The molecule has 3 aromatic rings. The van der Waals surface area contributed by atoms with E-state index in [4.69, 9.17) is 0 Å². The summed E-state index contributed by atoms with van der Waals surface area (Å²) in [5, 5.41) is 32.8. The fourth-order valence-corrected chi connectivity index (χ4v) is 5.73. The molecule has 2 bridgehead atoms. The Labute approximate surface area is 211 Å². The molecule has 11 heteroatoms. The van der Waals surface area contributed by atoms with Gasteiger partial charge in [0.1, 0.15) is 12.0 Å². The first-order valence-corrected chi connectivity index (χ1v) is 12.5. The monoisotopic (exact) mass is 510 g/mol. The lowest BCUT2D eigenvalue weighted by molar-refractivity contribution is -0.0347. The topological polar surface area (TPSA) is 116 Å². The molecular formula is C26H28F2N6O3. The summed E-state index contributed by atoms with van der Waals surface area (Å²) < 4.78 is 30.3. The number of halogens is 2. The van der Waals surface area contributed by atoms with Crippen LogP contribution in [-0.4, -0.2) is 60.2 Å². The van der Waals surface area contributed by atoms with E-state index in [0.29, 0.717) is 28.9 Å². The third-order valence-electron chi connectivity index (χ3n) is 7.70. The number of aliphatic hydroxyl groups excluding tert-OH is 1. The maximum absolute atomic E-state index is 14.4. The van der Waals surface area contributed by atoms with Gasteiger partial charge >= 0.3 is 0 Å². The second-order valence-electron chi connectivity index (χ2n) is 10.4. The zero-order valence-corrected chi connectivity index (χ0v) is 20.3. The maximum Gasteiger partial charge on any atom is 0.250 e. The number of pyridine rings is 1. The number of rotatable bonds is 5. The molecule has 2 aliphatic carbocycles. The summed E-state index contributed by atoms with van der Waals surface area (Å²) in [5.74, 6) is -2.81. The number of aryl methyl sites for hydroxylation is 1. The van der Waals surface area contributed by atoms with Crippen LogP contribution in [0.1, 0.15) is 32.1 Å². The number of benzene rings is 1. The van der Waals surface area contributed by atoms with Crippen LogP contribution in [-0.2, 0) is 7.05 Å². The summed E-state index contributed by atoms with van der Waals surface area (Å²) in [5.41, 5.74) is 1.59. The van der Waals surface area contributed by atoms with Crippen LogP contribution in [0.4, 0.5) is 14.6 Å². The van der Waals surface area contributed by atoms with E-state index in [9.17, 15) is 23.8 Å². The maximum atomic E-state index is 14.4. The third-order valence-corrected chi connectivity index (χ3v) is 7.70. The Bertz CT molecular complexity index is 1380. The fourth-order valence-electron chi connectivity index (χ4n) is 5.73. The average molecular weight is 511 g/mol. The zero-order chi connectivity index (χ0) is 25.9. The Kier molecular flexibility index (Phi) is 5.72. The van der Waals surface area contributed by atoms with Crippen LogP contribution in [0.5, 0.6) is 5.75 Å². The highest BCUT2D eigenvalue weighted by atomic mass is 19.3. The zero-order valence-electron chi connectivity index (χ0n) is 20.3. The fraction of sp³-hybridized carbons (Fsp3) is 0.462. The van der Waals surface area contributed by atoms with Gasteiger partial charge < -0.3 is 19.7 Å². The number of nitrogens with one attached hydrogen (secondary N) is 1. The largest absolute Gasteiger partial charge is 0.507 e. The van der Waals surface area contributed by atoms with Crippen molar-refractivity contribution in [1.82, 2.24) is 25.1 Å². The van der Waals surface area contributed by atoms with Gasteiger partial charge in [-0.25, -0.2) is 13.8 Å². The lowest BCUT2D eigenvalue weighted by atomic mass is 9.87. The number of alkyl halides is 2. The van der Waals surface area contributed by atoms with Crippen LogP contribution in [0.3, 0.4) is 0 Å². The SMILES string of the molecule is Cn1ccc(-c2ccc(-c3ncc(N(C4CC4)[C@H]4C[C@@H]5CC(F)(F)CC4[C@H](O)N5)nn3)c(O)c2)cc1=O. The standard InChI is InChI=1S/C26H28F2N6O3/c1-33-7-6-15(9-23(33)36)14-2-5-18(21(35)8-14)24-29-13-22(31-32-24)34(17-3-4-17)20-10-16-11-26(27,28)12-19(20)25(37)30-16/h2,5-9,13,16-17,19-20,25,30,35,37H,3-4,10-12H2,1H3/t16-,19?,20+,25+/m1/s1. The van der Waals surface area contributed by atoms with E-state index < -0.39 is 24.1 Å². The van der Waals surface area contributed by atoms with Crippen molar-refractivity contribution in [3.8, 4) is 28.3 Å². The molecule has 2 saturated carbocycles. The van der Waals surface area contributed by atoms with Crippen molar-refractivity contribution in [1.29, 1.82) is 0 Å². The van der Waals surface area contributed by atoms with Crippen LogP contribution in [0.15, 0.2) is 47.5 Å². The lowest BCUT2D eigenvalue weighted by Gasteiger charge is -2.44. The number of hydrogen-bond donors (Lipinski definition) is 3. The van der Waals surface area contributed by atoms with Gasteiger partial charge in [0.15, 0.2) is 11.6 Å². The number of phenolic OH excluding ortho intramolecular Hbond substituents is 1. The van der Waals surface area contributed by atoms with Crippen molar-refractivity contribution in [3.05, 3.63) is 53.1 Å². The van der Waals surface area contributed by atoms with Gasteiger partial charge in [0.2, 0.25) is 5.92 Å². The minimum absolute atomic E-state index is 0.0516. The number of fused-ring (bicyclic) bond motifs is 4. The van der Waals surface area contributed by atoms with Gasteiger partial charge in [-0.3, -0.25) is 10.1 Å². The van der Waals surface area contributed by atoms with E-state index >= 15 is 0 Å². The second-order valence-corrected chi connectivity index (χ2v) is 10.4. The molecule has 0 spiro atoms. The van der Waals surface area contributed by atoms with Gasteiger partial charge in [0, 0.05) is 56.2 Å². The van der Waals surface area contributed by atoms with Crippen LogP contribution in [0, 0.1) is 5.92 Å². The summed E-state index contributed by atoms with van der Waals surface area (Å²) in [7, 11) is 1.67. The predicted octanol–water partition coefficient (Wildman–Crippen LogP) is 2.67. The molecule has 4 heterocycles. The Balaban J connectivity index is 1.27. The third kappa shape index (κ3) is 4.57. The highest BCUT2D eigenvalue weighted by molar-refractivity contribution is 5.72. The minimum Gasteiger partial charge on any atom is -0.507 e. The second kappa shape index (κ2) is 8.84. The number of aromatic nitrogens is 4. The van der Waals surface area contributed by atoms with E-state index in [1.807, 2.05) is 4.90 Å². The molecule has 1 unspecified atom stereocenters. The van der Waals surface area contributed by atoms with Gasteiger partial charge in [0.25, 0.3) is 5.56 Å². The molecule has 2 saturated heterocycles. The molecule has 4 fully saturated rings. The quantitative estimate of drug-likeness (QED) is 0.480. The number of phenols is 1. The molecule has 37 heavy (non-hydrogen) atoms. The Morgan fingerprint density at radius 3 is 2.59 bits per heavy atom. The van der Waals surface area contributed by atoms with Gasteiger partial charge in [-0.05, 0) is 48.6 Å². The number of anilines is 1. The van der Waals surface area contributed by atoms with Gasteiger partial charge in [-0.15, -0.1) is 10.2 Å². The van der Waals surface area contributed by atoms with Crippen LogP contribution < -0.4 is 15.8 Å². The van der Waals surface area contributed by atoms with Crippen molar-refractivity contribution < 1.29 is 19.0 Å². The first-order chi connectivity index (χ1) is 17.7. The number of nitrogens with zero attached hydrogens (tertiary/aromatic N) is 5. The number of hydrogen-bond acceptors (Lipinski definition) is 8.